The van der Waals surface area contributed by atoms with Crippen LogP contribution in [-0.2, 0) is 0 Å². The first-order valence-corrected chi connectivity index (χ1v) is 7.15. The molecular formula is C15H23NO4. The van der Waals surface area contributed by atoms with Crippen molar-refractivity contribution in [3.63, 3.8) is 0 Å². The third kappa shape index (κ3) is 5.17. The third-order valence-electron chi connectivity index (χ3n) is 3.16. The number of aliphatic hydroxyl groups is 1. The number of aliphatic hydroxyl groups excluding tert-OH is 1. The second-order valence-corrected chi connectivity index (χ2v) is 4.92. The number of unbranched alkanes of at least 4 members (excludes halogenated alkanes) is 4. The molecule has 0 unspecified atom stereocenters. The lowest BCUT2D eigenvalue weighted by Gasteiger charge is -2.13. The van der Waals surface area contributed by atoms with Crippen molar-refractivity contribution in [2.24, 2.45) is 0 Å². The Morgan fingerprint density at radius 1 is 1.30 bits per heavy atom. The van der Waals surface area contributed by atoms with Crippen molar-refractivity contribution >= 4 is 5.69 Å². The molecular weight excluding hydrogens is 258 g/mol. The summed E-state index contributed by atoms with van der Waals surface area (Å²) in [6, 6.07) is 4.33. The summed E-state index contributed by atoms with van der Waals surface area (Å²) in [5.41, 5.74) is 0.434. The van der Waals surface area contributed by atoms with Gasteiger partial charge in [0.1, 0.15) is 5.75 Å². The minimum absolute atomic E-state index is 0.0313. The van der Waals surface area contributed by atoms with Crippen LogP contribution in [0.5, 0.6) is 5.75 Å². The van der Waals surface area contributed by atoms with Crippen LogP contribution in [0.15, 0.2) is 18.2 Å². The van der Waals surface area contributed by atoms with Crippen LogP contribution in [0.3, 0.4) is 0 Å². The lowest BCUT2D eigenvalue weighted by atomic mass is 10.1. The van der Waals surface area contributed by atoms with Gasteiger partial charge in [0, 0.05) is 17.7 Å². The summed E-state index contributed by atoms with van der Waals surface area (Å²) in [4.78, 5) is 10.3. The third-order valence-corrected chi connectivity index (χ3v) is 3.16. The molecule has 0 saturated heterocycles. The molecule has 5 heteroatoms. The van der Waals surface area contributed by atoms with E-state index in [1.54, 1.807) is 13.0 Å². The highest BCUT2D eigenvalue weighted by molar-refractivity contribution is 5.44. The molecule has 0 amide bonds. The second-order valence-electron chi connectivity index (χ2n) is 4.92. The molecule has 0 aliphatic carbocycles. The number of non-ortho nitro benzene ring substituents is 1. The van der Waals surface area contributed by atoms with Gasteiger partial charge in [-0.05, 0) is 19.4 Å². The smallest absolute Gasteiger partial charge is 0.270 e. The molecule has 0 bridgehead atoms. The molecule has 20 heavy (non-hydrogen) atoms. The maximum Gasteiger partial charge on any atom is 0.270 e. The quantitative estimate of drug-likeness (QED) is 0.422. The number of benzene rings is 1. The fourth-order valence-electron chi connectivity index (χ4n) is 2.00. The van der Waals surface area contributed by atoms with Gasteiger partial charge in [0.15, 0.2) is 0 Å². The first-order chi connectivity index (χ1) is 9.56. The minimum atomic E-state index is -0.787. The van der Waals surface area contributed by atoms with Crippen molar-refractivity contribution in [2.75, 3.05) is 6.61 Å². The fourth-order valence-corrected chi connectivity index (χ4v) is 2.00. The van der Waals surface area contributed by atoms with Gasteiger partial charge in [0.2, 0.25) is 0 Å². The minimum Gasteiger partial charge on any atom is -0.493 e. The molecule has 5 nitrogen and oxygen atoms in total. The number of rotatable bonds is 9. The number of nitro benzene ring substituents is 1. The number of hydrogen-bond donors (Lipinski definition) is 1. The van der Waals surface area contributed by atoms with Crippen LogP contribution in [0.25, 0.3) is 0 Å². The predicted molar refractivity (Wildman–Crippen MR) is 78.0 cm³/mol. The Morgan fingerprint density at radius 2 is 2.00 bits per heavy atom. The zero-order valence-corrected chi connectivity index (χ0v) is 12.2. The lowest BCUT2D eigenvalue weighted by Crippen LogP contribution is -2.03. The maximum atomic E-state index is 10.7. The van der Waals surface area contributed by atoms with Crippen LogP contribution >= 0.6 is 0 Å². The van der Waals surface area contributed by atoms with Crippen LogP contribution in [0.2, 0.25) is 0 Å². The molecule has 1 aromatic rings. The highest BCUT2D eigenvalue weighted by Gasteiger charge is 2.15. The van der Waals surface area contributed by atoms with E-state index in [4.69, 9.17) is 4.74 Å². The summed E-state index contributed by atoms with van der Waals surface area (Å²) in [5.74, 6) is 0.529. The number of nitro groups is 1. The van der Waals surface area contributed by atoms with Crippen LogP contribution in [0.1, 0.15) is 57.6 Å². The van der Waals surface area contributed by atoms with Crippen LogP contribution < -0.4 is 4.74 Å². The van der Waals surface area contributed by atoms with Crippen molar-refractivity contribution in [3.05, 3.63) is 33.9 Å². The largest absolute Gasteiger partial charge is 0.493 e. The van der Waals surface area contributed by atoms with E-state index >= 15 is 0 Å². The summed E-state index contributed by atoms with van der Waals surface area (Å²) >= 11 is 0. The van der Waals surface area contributed by atoms with E-state index in [1.165, 1.54) is 31.4 Å². The first-order valence-electron chi connectivity index (χ1n) is 7.15. The average molecular weight is 281 g/mol. The van der Waals surface area contributed by atoms with Gasteiger partial charge in [0.05, 0.1) is 17.6 Å². The Balaban J connectivity index is 2.58. The van der Waals surface area contributed by atoms with Gasteiger partial charge in [-0.15, -0.1) is 0 Å². The average Bonchev–Trinajstić information content (AvgIpc) is 2.42. The summed E-state index contributed by atoms with van der Waals surface area (Å²) in [6.07, 6.45) is 4.92. The molecule has 0 saturated carbocycles. The Hall–Kier alpha value is -1.62. The molecule has 1 N–H and O–H groups in total. The molecule has 1 aromatic carbocycles. The van der Waals surface area contributed by atoms with E-state index in [-0.39, 0.29) is 5.69 Å². The lowest BCUT2D eigenvalue weighted by molar-refractivity contribution is -0.385. The monoisotopic (exact) mass is 281 g/mol. The summed E-state index contributed by atoms with van der Waals surface area (Å²) in [6.45, 7) is 4.32. The zero-order chi connectivity index (χ0) is 15.0. The first kappa shape index (κ1) is 16.4. The molecule has 0 spiro atoms. The van der Waals surface area contributed by atoms with Crippen LogP contribution in [0, 0.1) is 10.1 Å². The molecule has 0 aromatic heterocycles. The predicted octanol–water partition coefficient (Wildman–Crippen LogP) is 4.00. The molecule has 112 valence electrons. The van der Waals surface area contributed by atoms with Crippen LogP contribution in [0.4, 0.5) is 5.69 Å². The molecule has 0 fully saturated rings. The fraction of sp³-hybridized carbons (Fsp3) is 0.600. The van der Waals surface area contributed by atoms with Gasteiger partial charge in [-0.3, -0.25) is 10.1 Å². The summed E-state index contributed by atoms with van der Waals surface area (Å²) in [7, 11) is 0. The van der Waals surface area contributed by atoms with Gasteiger partial charge in [0.25, 0.3) is 5.69 Å². The van der Waals surface area contributed by atoms with Crippen molar-refractivity contribution in [2.45, 2.75) is 52.1 Å². The second kappa shape index (κ2) is 8.53. The van der Waals surface area contributed by atoms with E-state index in [0.29, 0.717) is 17.9 Å². The Bertz CT molecular complexity index is 432. The molecule has 0 radical (unpaired) electrons. The van der Waals surface area contributed by atoms with E-state index in [2.05, 4.69) is 6.92 Å². The van der Waals surface area contributed by atoms with Crippen molar-refractivity contribution in [1.29, 1.82) is 0 Å². The van der Waals surface area contributed by atoms with Crippen LogP contribution in [-0.4, -0.2) is 16.6 Å². The summed E-state index contributed by atoms with van der Waals surface area (Å²) < 4.78 is 5.63. The zero-order valence-electron chi connectivity index (χ0n) is 12.2. The number of ether oxygens (including phenoxy) is 1. The highest BCUT2D eigenvalue weighted by atomic mass is 16.6. The van der Waals surface area contributed by atoms with Gasteiger partial charge in [-0.2, -0.15) is 0 Å². The maximum absolute atomic E-state index is 10.7. The van der Waals surface area contributed by atoms with Crippen molar-refractivity contribution < 1.29 is 14.8 Å². The van der Waals surface area contributed by atoms with E-state index < -0.39 is 11.0 Å². The Labute approximate surface area is 119 Å². The molecule has 1 rings (SSSR count). The molecule has 1 atom stereocenters. The van der Waals surface area contributed by atoms with Gasteiger partial charge in [-0.25, -0.2) is 0 Å². The number of hydrogen-bond acceptors (Lipinski definition) is 4. The Kier molecular flexibility index (Phi) is 7.01. The summed E-state index contributed by atoms with van der Waals surface area (Å²) in [5, 5.41) is 20.4. The molecule has 0 aliphatic heterocycles. The highest BCUT2D eigenvalue weighted by Crippen LogP contribution is 2.29. The van der Waals surface area contributed by atoms with E-state index in [1.807, 2.05) is 0 Å². The SMILES string of the molecule is CCCCCCCOc1ccc([N+](=O)[O-])cc1[C@@H](C)O. The normalized spacial score (nSPS) is 12.2. The Morgan fingerprint density at radius 3 is 2.60 bits per heavy atom. The van der Waals surface area contributed by atoms with Crippen molar-refractivity contribution in [3.8, 4) is 5.75 Å². The molecule has 0 heterocycles. The van der Waals surface area contributed by atoms with E-state index in [0.717, 1.165) is 12.8 Å². The molecule has 0 aliphatic rings. The van der Waals surface area contributed by atoms with Gasteiger partial charge >= 0.3 is 0 Å². The topological polar surface area (TPSA) is 72.6 Å². The van der Waals surface area contributed by atoms with E-state index in [9.17, 15) is 15.2 Å². The van der Waals surface area contributed by atoms with Crippen molar-refractivity contribution in [1.82, 2.24) is 0 Å². The van der Waals surface area contributed by atoms with Gasteiger partial charge < -0.3 is 9.84 Å². The van der Waals surface area contributed by atoms with Gasteiger partial charge in [-0.1, -0.05) is 32.6 Å². The number of nitrogens with zero attached hydrogens (tertiary/aromatic N) is 1. The standard InChI is InChI=1S/C15H23NO4/c1-3-4-5-6-7-10-20-15-9-8-13(16(18)19)11-14(15)12(2)17/h8-9,11-12,17H,3-7,10H2,1-2H3/t12-/m1/s1.